The molecule has 142 valence electrons. The van der Waals surface area contributed by atoms with Crippen LogP contribution in [0.5, 0.6) is 5.75 Å². The molecule has 3 nitrogen and oxygen atoms in total. The number of ether oxygens (including phenoxy) is 1. The van der Waals surface area contributed by atoms with Crippen molar-refractivity contribution in [3.63, 3.8) is 0 Å². The molecule has 27 heavy (non-hydrogen) atoms. The first-order valence-electron chi connectivity index (χ1n) is 9.39. The largest absolute Gasteiger partial charge is 0.507 e. The van der Waals surface area contributed by atoms with Crippen molar-refractivity contribution in [2.45, 2.75) is 51.4 Å². The molecule has 1 N–H and O–H groups in total. The molecule has 0 saturated heterocycles. The zero-order chi connectivity index (χ0) is 19.8. The Balaban J connectivity index is 2.18. The summed E-state index contributed by atoms with van der Waals surface area (Å²) in [5.74, 6) is -0.124. The molecule has 1 aliphatic carbocycles. The quantitative estimate of drug-likeness (QED) is 0.570. The number of phenolic OH excluding ortho intramolecular Hbond substituents is 1. The molecule has 0 amide bonds. The summed E-state index contributed by atoms with van der Waals surface area (Å²) in [4.78, 5) is 11.5. The molecule has 0 aliphatic heterocycles. The summed E-state index contributed by atoms with van der Waals surface area (Å²) < 4.78 is 4.69. The van der Waals surface area contributed by atoms with Crippen LogP contribution in [-0.4, -0.2) is 18.2 Å². The SMILES string of the molecule is COC(=O)/C=C/c1ccccc1-c1cc2c(cc1O)C(C)(C)CCC2(C)C. The predicted molar refractivity (Wildman–Crippen MR) is 110 cm³/mol. The van der Waals surface area contributed by atoms with Crippen LogP contribution in [0.1, 0.15) is 57.2 Å². The summed E-state index contributed by atoms with van der Waals surface area (Å²) in [7, 11) is 1.36. The fourth-order valence-corrected chi connectivity index (χ4v) is 3.93. The van der Waals surface area contributed by atoms with E-state index in [0.717, 1.165) is 29.5 Å². The number of benzene rings is 2. The predicted octanol–water partition coefficient (Wildman–Crippen LogP) is 5.59. The molecule has 1 aliphatic rings. The number of methoxy groups -OCH3 is 1. The minimum Gasteiger partial charge on any atom is -0.507 e. The van der Waals surface area contributed by atoms with E-state index in [0.29, 0.717) is 0 Å². The van der Waals surface area contributed by atoms with E-state index >= 15 is 0 Å². The van der Waals surface area contributed by atoms with Gasteiger partial charge in [0.15, 0.2) is 0 Å². The van der Waals surface area contributed by atoms with Crippen LogP contribution in [-0.2, 0) is 20.4 Å². The molecular weight excluding hydrogens is 336 g/mol. The Labute approximate surface area is 161 Å². The van der Waals surface area contributed by atoms with Crippen molar-refractivity contribution in [1.29, 1.82) is 0 Å². The summed E-state index contributed by atoms with van der Waals surface area (Å²) in [6.07, 6.45) is 5.35. The Bertz CT molecular complexity index is 904. The lowest BCUT2D eigenvalue weighted by atomic mass is 9.62. The highest BCUT2D eigenvalue weighted by molar-refractivity contribution is 5.90. The molecule has 0 fully saturated rings. The molecule has 2 aromatic carbocycles. The second-order valence-corrected chi connectivity index (χ2v) is 8.63. The van der Waals surface area contributed by atoms with Gasteiger partial charge < -0.3 is 9.84 Å². The van der Waals surface area contributed by atoms with Crippen LogP contribution in [0.15, 0.2) is 42.5 Å². The van der Waals surface area contributed by atoms with Gasteiger partial charge in [-0.2, -0.15) is 0 Å². The number of rotatable bonds is 3. The van der Waals surface area contributed by atoms with E-state index in [2.05, 4.69) is 33.8 Å². The Hall–Kier alpha value is -2.55. The normalized spacial score (nSPS) is 17.5. The fourth-order valence-electron chi connectivity index (χ4n) is 3.93. The van der Waals surface area contributed by atoms with Crippen molar-refractivity contribution in [2.24, 2.45) is 0 Å². The van der Waals surface area contributed by atoms with E-state index in [1.165, 1.54) is 24.3 Å². The van der Waals surface area contributed by atoms with Crippen molar-refractivity contribution in [2.75, 3.05) is 7.11 Å². The van der Waals surface area contributed by atoms with Crippen LogP contribution in [0, 0.1) is 0 Å². The van der Waals surface area contributed by atoms with Gasteiger partial charge in [-0.3, -0.25) is 0 Å². The summed E-state index contributed by atoms with van der Waals surface area (Å²) in [5, 5.41) is 10.9. The summed E-state index contributed by atoms with van der Waals surface area (Å²) >= 11 is 0. The smallest absolute Gasteiger partial charge is 0.330 e. The standard InChI is InChI=1S/C24H28O3/c1-23(2)12-13-24(3,4)20-15-21(25)18(14-19(20)23)17-9-7-6-8-16(17)10-11-22(26)27-5/h6-11,14-15,25H,12-13H2,1-5H3/b11-10+. The third-order valence-corrected chi connectivity index (χ3v) is 5.82. The second-order valence-electron chi connectivity index (χ2n) is 8.63. The lowest BCUT2D eigenvalue weighted by Gasteiger charge is -2.42. The number of fused-ring (bicyclic) bond motifs is 1. The summed E-state index contributed by atoms with van der Waals surface area (Å²) in [6, 6.07) is 11.8. The average molecular weight is 364 g/mol. The van der Waals surface area contributed by atoms with Crippen molar-refractivity contribution in [1.82, 2.24) is 0 Å². The molecule has 0 bridgehead atoms. The van der Waals surface area contributed by atoms with Crippen LogP contribution >= 0.6 is 0 Å². The van der Waals surface area contributed by atoms with Crippen LogP contribution < -0.4 is 0 Å². The number of carbonyl (C=O) groups is 1. The van der Waals surface area contributed by atoms with Gasteiger partial charge in [0.1, 0.15) is 5.75 Å². The molecule has 0 unspecified atom stereocenters. The fraction of sp³-hybridized carbons (Fsp3) is 0.375. The van der Waals surface area contributed by atoms with Gasteiger partial charge in [-0.25, -0.2) is 4.79 Å². The van der Waals surface area contributed by atoms with Crippen molar-refractivity contribution >= 4 is 12.0 Å². The van der Waals surface area contributed by atoms with Crippen LogP contribution in [0.3, 0.4) is 0 Å². The summed E-state index contributed by atoms with van der Waals surface area (Å²) in [5.41, 5.74) is 5.18. The number of carbonyl (C=O) groups excluding carboxylic acids is 1. The van der Waals surface area contributed by atoms with E-state index in [9.17, 15) is 9.90 Å². The van der Waals surface area contributed by atoms with Gasteiger partial charge in [0.25, 0.3) is 0 Å². The highest BCUT2D eigenvalue weighted by Crippen LogP contribution is 2.49. The van der Waals surface area contributed by atoms with Gasteiger partial charge in [0.2, 0.25) is 0 Å². The first-order chi connectivity index (χ1) is 12.7. The molecule has 0 atom stereocenters. The molecule has 0 saturated carbocycles. The van der Waals surface area contributed by atoms with E-state index in [-0.39, 0.29) is 16.6 Å². The molecule has 2 aromatic rings. The second kappa shape index (κ2) is 6.88. The molecule has 0 aromatic heterocycles. The topological polar surface area (TPSA) is 46.5 Å². The maximum absolute atomic E-state index is 11.5. The van der Waals surface area contributed by atoms with E-state index < -0.39 is 5.97 Å². The number of hydrogen-bond acceptors (Lipinski definition) is 3. The van der Waals surface area contributed by atoms with Gasteiger partial charge in [0, 0.05) is 11.6 Å². The maximum atomic E-state index is 11.5. The monoisotopic (exact) mass is 364 g/mol. The lowest BCUT2D eigenvalue weighted by molar-refractivity contribution is -0.134. The zero-order valence-corrected chi connectivity index (χ0v) is 16.8. The van der Waals surface area contributed by atoms with E-state index in [1.54, 1.807) is 6.08 Å². The zero-order valence-electron chi connectivity index (χ0n) is 16.8. The molecule has 0 spiro atoms. The third-order valence-electron chi connectivity index (χ3n) is 5.82. The van der Waals surface area contributed by atoms with Crippen molar-refractivity contribution in [3.05, 3.63) is 59.2 Å². The Morgan fingerprint density at radius 2 is 1.59 bits per heavy atom. The highest BCUT2D eigenvalue weighted by Gasteiger charge is 2.37. The Morgan fingerprint density at radius 1 is 1.00 bits per heavy atom. The third kappa shape index (κ3) is 3.64. The molecular formula is C24H28O3. The summed E-state index contributed by atoms with van der Waals surface area (Å²) in [6.45, 7) is 9.02. The first-order valence-corrected chi connectivity index (χ1v) is 9.39. The first kappa shape index (κ1) is 19.2. The van der Waals surface area contributed by atoms with Crippen LogP contribution in [0.25, 0.3) is 17.2 Å². The number of aromatic hydroxyl groups is 1. The van der Waals surface area contributed by atoms with E-state index in [1.807, 2.05) is 30.3 Å². The van der Waals surface area contributed by atoms with E-state index in [4.69, 9.17) is 4.74 Å². The molecule has 0 heterocycles. The van der Waals surface area contributed by atoms with Gasteiger partial charge >= 0.3 is 5.97 Å². The molecule has 3 rings (SSSR count). The van der Waals surface area contributed by atoms with Crippen molar-refractivity contribution in [3.8, 4) is 16.9 Å². The molecule has 0 radical (unpaired) electrons. The lowest BCUT2D eigenvalue weighted by Crippen LogP contribution is -2.33. The van der Waals surface area contributed by atoms with Crippen molar-refractivity contribution < 1.29 is 14.6 Å². The maximum Gasteiger partial charge on any atom is 0.330 e. The van der Waals surface area contributed by atoms with Gasteiger partial charge in [0.05, 0.1) is 7.11 Å². The van der Waals surface area contributed by atoms with Gasteiger partial charge in [-0.05, 0) is 64.1 Å². The molecule has 3 heteroatoms. The van der Waals surface area contributed by atoms with Crippen LogP contribution in [0.4, 0.5) is 0 Å². The average Bonchev–Trinajstić information content (AvgIpc) is 2.63. The number of phenols is 1. The Morgan fingerprint density at radius 3 is 2.22 bits per heavy atom. The van der Waals surface area contributed by atoms with Gasteiger partial charge in [-0.15, -0.1) is 0 Å². The minimum atomic E-state index is -0.401. The Kier molecular flexibility index (Phi) is 4.90. The number of hydrogen-bond donors (Lipinski definition) is 1. The van der Waals surface area contributed by atoms with Gasteiger partial charge in [-0.1, -0.05) is 52.0 Å². The minimum absolute atomic E-state index is 0.0468. The number of esters is 1. The highest BCUT2D eigenvalue weighted by atomic mass is 16.5. The van der Waals surface area contributed by atoms with Crippen LogP contribution in [0.2, 0.25) is 0 Å².